The molecular formula is C15H24ClN3O. The molecule has 0 bridgehead atoms. The van der Waals surface area contributed by atoms with Crippen LogP contribution >= 0.6 is 11.6 Å². The Kier molecular flexibility index (Phi) is 4.97. The van der Waals surface area contributed by atoms with Crippen molar-refractivity contribution in [1.29, 1.82) is 0 Å². The lowest BCUT2D eigenvalue weighted by atomic mass is 9.96. The largest absolute Gasteiger partial charge is 0.374 e. The normalized spacial score (nSPS) is 25.9. The highest BCUT2D eigenvalue weighted by Gasteiger charge is 2.21. The van der Waals surface area contributed by atoms with E-state index in [1.165, 1.54) is 37.8 Å². The smallest absolute Gasteiger partial charge is 0.0837 e. The van der Waals surface area contributed by atoms with Gasteiger partial charge in [-0.25, -0.2) is 0 Å². The number of morpholine rings is 1. The lowest BCUT2D eigenvalue weighted by Crippen LogP contribution is -2.42. The summed E-state index contributed by atoms with van der Waals surface area (Å²) in [6.45, 7) is 3.58. The molecule has 0 aromatic carbocycles. The molecule has 5 heteroatoms. The molecule has 2 aliphatic rings. The summed E-state index contributed by atoms with van der Waals surface area (Å²) in [4.78, 5) is 2.39. The maximum atomic E-state index is 5.88. The molecule has 1 atom stereocenters. The third-order valence-electron chi connectivity index (χ3n) is 4.39. The van der Waals surface area contributed by atoms with Gasteiger partial charge in [-0.3, -0.25) is 9.58 Å². The van der Waals surface area contributed by atoms with Gasteiger partial charge in [-0.05, 0) is 18.9 Å². The van der Waals surface area contributed by atoms with Crippen LogP contribution in [0.1, 0.15) is 43.8 Å². The number of ether oxygens (including phenoxy) is 1. The van der Waals surface area contributed by atoms with Gasteiger partial charge in [0.05, 0.1) is 24.4 Å². The second-order valence-corrected chi connectivity index (χ2v) is 6.27. The van der Waals surface area contributed by atoms with Crippen LogP contribution in [0.5, 0.6) is 0 Å². The molecule has 1 saturated carbocycles. The second kappa shape index (κ2) is 6.92. The zero-order valence-electron chi connectivity index (χ0n) is 12.0. The fourth-order valence-electron chi connectivity index (χ4n) is 3.26. The second-order valence-electron chi connectivity index (χ2n) is 5.96. The van der Waals surface area contributed by atoms with Gasteiger partial charge < -0.3 is 4.74 Å². The maximum absolute atomic E-state index is 5.88. The molecule has 112 valence electrons. The number of aromatic nitrogens is 2. The summed E-state index contributed by atoms with van der Waals surface area (Å²) in [5, 5.41) is 4.78. The van der Waals surface area contributed by atoms with Crippen LogP contribution in [0.15, 0.2) is 12.3 Å². The van der Waals surface area contributed by atoms with E-state index in [-0.39, 0.29) is 6.10 Å². The number of hydrogen-bond acceptors (Lipinski definition) is 3. The average molecular weight is 298 g/mol. The van der Waals surface area contributed by atoms with Crippen molar-refractivity contribution in [2.24, 2.45) is 0 Å². The SMILES string of the molecule is ClCC1CN(Cc2ccn(C3CCCCC3)n2)CCO1. The van der Waals surface area contributed by atoms with Crippen molar-refractivity contribution in [2.45, 2.75) is 50.8 Å². The summed E-state index contributed by atoms with van der Waals surface area (Å²) >= 11 is 5.88. The van der Waals surface area contributed by atoms with Crippen molar-refractivity contribution in [3.05, 3.63) is 18.0 Å². The fraction of sp³-hybridized carbons (Fsp3) is 0.800. The van der Waals surface area contributed by atoms with Crippen molar-refractivity contribution in [3.63, 3.8) is 0 Å². The Balaban J connectivity index is 1.56. The minimum absolute atomic E-state index is 0.172. The monoisotopic (exact) mass is 297 g/mol. The van der Waals surface area contributed by atoms with Crippen LogP contribution in [0.3, 0.4) is 0 Å². The van der Waals surface area contributed by atoms with E-state index < -0.39 is 0 Å². The van der Waals surface area contributed by atoms with Crippen LogP contribution in [0.25, 0.3) is 0 Å². The van der Waals surface area contributed by atoms with Crippen molar-refractivity contribution in [3.8, 4) is 0 Å². The van der Waals surface area contributed by atoms with Gasteiger partial charge in [-0.15, -0.1) is 11.6 Å². The third-order valence-corrected chi connectivity index (χ3v) is 4.74. The Morgan fingerprint density at radius 2 is 2.15 bits per heavy atom. The minimum Gasteiger partial charge on any atom is -0.374 e. The highest BCUT2D eigenvalue weighted by atomic mass is 35.5. The molecule has 4 nitrogen and oxygen atoms in total. The lowest BCUT2D eigenvalue weighted by Gasteiger charge is -2.31. The zero-order chi connectivity index (χ0) is 13.8. The Labute approximate surface area is 126 Å². The quantitative estimate of drug-likeness (QED) is 0.801. The Morgan fingerprint density at radius 3 is 2.95 bits per heavy atom. The van der Waals surface area contributed by atoms with Gasteiger partial charge in [0, 0.05) is 31.7 Å². The topological polar surface area (TPSA) is 30.3 Å². The highest BCUT2D eigenvalue weighted by molar-refractivity contribution is 6.18. The van der Waals surface area contributed by atoms with Crippen LogP contribution in [-0.2, 0) is 11.3 Å². The van der Waals surface area contributed by atoms with Crippen LogP contribution in [0.4, 0.5) is 0 Å². The third kappa shape index (κ3) is 3.54. The van der Waals surface area contributed by atoms with Gasteiger partial charge in [0.15, 0.2) is 0 Å². The first-order valence-electron chi connectivity index (χ1n) is 7.79. The zero-order valence-corrected chi connectivity index (χ0v) is 12.8. The standard InChI is InChI=1S/C15H24ClN3O/c16-10-15-12-18(8-9-20-15)11-13-6-7-19(17-13)14-4-2-1-3-5-14/h6-7,14-15H,1-5,8-12H2. The summed E-state index contributed by atoms with van der Waals surface area (Å²) in [6.07, 6.45) is 8.98. The molecule has 20 heavy (non-hydrogen) atoms. The molecule has 3 rings (SSSR count). The number of rotatable bonds is 4. The van der Waals surface area contributed by atoms with Crippen molar-refractivity contribution in [1.82, 2.24) is 14.7 Å². The van der Waals surface area contributed by atoms with E-state index in [4.69, 9.17) is 21.4 Å². The summed E-state index contributed by atoms with van der Waals surface area (Å²) < 4.78 is 7.78. The molecule has 1 aromatic rings. The van der Waals surface area contributed by atoms with E-state index in [1.54, 1.807) is 0 Å². The van der Waals surface area contributed by atoms with Crippen LogP contribution in [-0.4, -0.2) is 46.4 Å². The predicted octanol–water partition coefficient (Wildman–Crippen LogP) is 2.83. The number of hydrogen-bond donors (Lipinski definition) is 0. The maximum Gasteiger partial charge on any atom is 0.0837 e. The van der Waals surface area contributed by atoms with Gasteiger partial charge in [0.25, 0.3) is 0 Å². The van der Waals surface area contributed by atoms with E-state index in [0.29, 0.717) is 11.9 Å². The highest BCUT2D eigenvalue weighted by Crippen LogP contribution is 2.27. The molecule has 0 amide bonds. The Bertz CT molecular complexity index is 417. The van der Waals surface area contributed by atoms with Crippen LogP contribution in [0, 0.1) is 0 Å². The van der Waals surface area contributed by atoms with E-state index in [2.05, 4.69) is 21.8 Å². The molecule has 0 spiro atoms. The first-order valence-corrected chi connectivity index (χ1v) is 8.32. The van der Waals surface area contributed by atoms with Crippen LogP contribution in [0.2, 0.25) is 0 Å². The first kappa shape index (κ1) is 14.4. The molecule has 2 fully saturated rings. The predicted molar refractivity (Wildman–Crippen MR) is 80.1 cm³/mol. The van der Waals surface area contributed by atoms with Crippen molar-refractivity contribution < 1.29 is 4.74 Å². The Hall–Kier alpha value is -0.580. The number of nitrogens with zero attached hydrogens (tertiary/aromatic N) is 3. The number of halogens is 1. The molecule has 1 aliphatic heterocycles. The molecule has 0 N–H and O–H groups in total. The molecule has 1 aliphatic carbocycles. The van der Waals surface area contributed by atoms with Crippen molar-refractivity contribution >= 4 is 11.6 Å². The summed E-state index contributed by atoms with van der Waals surface area (Å²) in [5.74, 6) is 0.576. The van der Waals surface area contributed by atoms with Gasteiger partial charge >= 0.3 is 0 Å². The molecule has 2 heterocycles. The summed E-state index contributed by atoms with van der Waals surface area (Å²) in [7, 11) is 0. The van der Waals surface area contributed by atoms with Gasteiger partial charge in [0.1, 0.15) is 0 Å². The van der Waals surface area contributed by atoms with Gasteiger partial charge in [-0.2, -0.15) is 5.10 Å². The van der Waals surface area contributed by atoms with E-state index in [9.17, 15) is 0 Å². The van der Waals surface area contributed by atoms with Gasteiger partial charge in [-0.1, -0.05) is 19.3 Å². The fourth-order valence-corrected chi connectivity index (χ4v) is 3.44. The van der Waals surface area contributed by atoms with E-state index in [0.717, 1.165) is 26.2 Å². The molecule has 1 saturated heterocycles. The molecule has 1 unspecified atom stereocenters. The van der Waals surface area contributed by atoms with E-state index in [1.807, 2.05) is 0 Å². The van der Waals surface area contributed by atoms with Crippen molar-refractivity contribution in [2.75, 3.05) is 25.6 Å². The van der Waals surface area contributed by atoms with Gasteiger partial charge in [0.2, 0.25) is 0 Å². The van der Waals surface area contributed by atoms with Crippen LogP contribution < -0.4 is 0 Å². The Morgan fingerprint density at radius 1 is 1.30 bits per heavy atom. The summed E-state index contributed by atoms with van der Waals surface area (Å²) in [5.41, 5.74) is 1.17. The lowest BCUT2D eigenvalue weighted by molar-refractivity contribution is -0.0198. The first-order chi connectivity index (χ1) is 9.85. The summed E-state index contributed by atoms with van der Waals surface area (Å²) in [6, 6.07) is 2.79. The average Bonchev–Trinajstić information content (AvgIpc) is 2.97. The minimum atomic E-state index is 0.172. The molecule has 1 aromatic heterocycles. The molecule has 0 radical (unpaired) electrons. The number of alkyl halides is 1. The van der Waals surface area contributed by atoms with E-state index >= 15 is 0 Å². The molecular weight excluding hydrogens is 274 g/mol.